The van der Waals surface area contributed by atoms with Crippen molar-refractivity contribution in [1.82, 2.24) is 25.2 Å². The molecule has 0 aromatic carbocycles. The maximum absolute atomic E-state index is 4.20. The fourth-order valence-electron chi connectivity index (χ4n) is 2.29. The van der Waals surface area contributed by atoms with Crippen LogP contribution in [0, 0.1) is 5.92 Å². The van der Waals surface area contributed by atoms with Gasteiger partial charge in [-0.1, -0.05) is 25.5 Å². The Bertz CT molecular complexity index is 370. The van der Waals surface area contributed by atoms with E-state index in [2.05, 4.69) is 47.6 Å². The van der Waals surface area contributed by atoms with Gasteiger partial charge in [0.2, 0.25) is 0 Å². The molecular weight excluding hydrogens is 238 g/mol. The lowest BCUT2D eigenvalue weighted by Crippen LogP contribution is -2.38. The molecule has 1 N–H and O–H groups in total. The average molecular weight is 265 g/mol. The highest BCUT2D eigenvalue weighted by Gasteiger charge is 2.21. The number of likely N-dealkylation sites (N-methyl/N-ethyl adjacent to an activating group) is 1. The summed E-state index contributed by atoms with van der Waals surface area (Å²) in [4.78, 5) is 2.45. The molecule has 108 valence electrons. The summed E-state index contributed by atoms with van der Waals surface area (Å²) in [7, 11) is 2.21. The van der Waals surface area contributed by atoms with Crippen molar-refractivity contribution < 1.29 is 0 Å². The van der Waals surface area contributed by atoms with Crippen LogP contribution in [0.4, 0.5) is 0 Å². The molecule has 0 spiro atoms. The second-order valence-electron chi connectivity index (χ2n) is 6.06. The Morgan fingerprint density at radius 1 is 1.47 bits per heavy atom. The summed E-state index contributed by atoms with van der Waals surface area (Å²) in [6, 6.07) is 0.802. The molecule has 0 atom stereocenters. The zero-order chi connectivity index (χ0) is 13.7. The molecule has 1 saturated carbocycles. The quantitative estimate of drug-likeness (QED) is 0.774. The van der Waals surface area contributed by atoms with E-state index in [1.807, 2.05) is 4.68 Å². The van der Waals surface area contributed by atoms with E-state index in [0.717, 1.165) is 37.9 Å². The normalized spacial score (nSPS) is 16.3. The summed E-state index contributed by atoms with van der Waals surface area (Å²) in [5, 5.41) is 11.8. The lowest BCUT2D eigenvalue weighted by molar-refractivity contribution is 0.153. The maximum Gasteiger partial charge on any atom is 0.0964 e. The monoisotopic (exact) mass is 265 g/mol. The summed E-state index contributed by atoms with van der Waals surface area (Å²) in [5.74, 6) is 0.672. The standard InChI is InChI=1S/C14H27N5/c1-12(2)9-15-10-13-11-19(17-16-13)8-7-18(3)14-5-4-6-14/h11-12,14-15H,4-10H2,1-3H3. The molecule has 1 heterocycles. The van der Waals surface area contributed by atoms with Crippen LogP contribution in [-0.2, 0) is 13.1 Å². The van der Waals surface area contributed by atoms with Crippen molar-refractivity contribution in [2.24, 2.45) is 5.92 Å². The van der Waals surface area contributed by atoms with Gasteiger partial charge in [0.25, 0.3) is 0 Å². The first kappa shape index (κ1) is 14.5. The number of aromatic nitrogens is 3. The highest BCUT2D eigenvalue weighted by atomic mass is 15.4. The van der Waals surface area contributed by atoms with Gasteiger partial charge in [-0.05, 0) is 32.4 Å². The molecule has 1 aromatic rings. The number of hydrogen-bond donors (Lipinski definition) is 1. The Hall–Kier alpha value is -0.940. The van der Waals surface area contributed by atoms with Gasteiger partial charge in [0.05, 0.1) is 12.2 Å². The summed E-state index contributed by atoms with van der Waals surface area (Å²) in [6.07, 6.45) is 6.17. The Balaban J connectivity index is 1.68. The van der Waals surface area contributed by atoms with Crippen LogP contribution >= 0.6 is 0 Å². The molecule has 0 saturated heterocycles. The van der Waals surface area contributed by atoms with Gasteiger partial charge < -0.3 is 10.2 Å². The molecule has 0 radical (unpaired) electrons. The van der Waals surface area contributed by atoms with Gasteiger partial charge in [-0.3, -0.25) is 4.68 Å². The van der Waals surface area contributed by atoms with Crippen LogP contribution in [0.5, 0.6) is 0 Å². The molecule has 5 nitrogen and oxygen atoms in total. The molecule has 1 aliphatic rings. The maximum atomic E-state index is 4.20. The first-order valence-electron chi connectivity index (χ1n) is 7.45. The largest absolute Gasteiger partial charge is 0.311 e. The summed E-state index contributed by atoms with van der Waals surface area (Å²) in [6.45, 7) is 8.26. The van der Waals surface area contributed by atoms with Crippen molar-refractivity contribution in [3.8, 4) is 0 Å². The summed E-state index contributed by atoms with van der Waals surface area (Å²) >= 11 is 0. The topological polar surface area (TPSA) is 46.0 Å². The van der Waals surface area contributed by atoms with Gasteiger partial charge in [-0.15, -0.1) is 5.10 Å². The van der Waals surface area contributed by atoms with E-state index in [1.54, 1.807) is 0 Å². The highest BCUT2D eigenvalue weighted by molar-refractivity contribution is 4.91. The molecule has 1 fully saturated rings. The SMILES string of the molecule is CC(C)CNCc1cn(CCN(C)C2CCC2)nn1. The second-order valence-corrected chi connectivity index (χ2v) is 6.06. The molecule has 2 rings (SSSR count). The minimum absolute atomic E-state index is 0.672. The Morgan fingerprint density at radius 3 is 2.89 bits per heavy atom. The van der Waals surface area contributed by atoms with Crippen LogP contribution in [0.15, 0.2) is 6.20 Å². The molecule has 19 heavy (non-hydrogen) atoms. The van der Waals surface area contributed by atoms with Crippen molar-refractivity contribution in [1.29, 1.82) is 0 Å². The Labute approximate surface area is 116 Å². The molecule has 0 amide bonds. The average Bonchev–Trinajstić information content (AvgIpc) is 2.71. The first-order chi connectivity index (χ1) is 9.15. The van der Waals surface area contributed by atoms with Crippen molar-refractivity contribution >= 4 is 0 Å². The summed E-state index contributed by atoms with van der Waals surface area (Å²) < 4.78 is 1.96. The lowest BCUT2D eigenvalue weighted by Gasteiger charge is -2.34. The zero-order valence-electron chi connectivity index (χ0n) is 12.5. The number of nitrogens with one attached hydrogen (secondary N) is 1. The van der Waals surface area contributed by atoms with E-state index >= 15 is 0 Å². The van der Waals surface area contributed by atoms with Crippen LogP contribution in [0.1, 0.15) is 38.8 Å². The fraction of sp³-hybridized carbons (Fsp3) is 0.857. The van der Waals surface area contributed by atoms with Gasteiger partial charge >= 0.3 is 0 Å². The second kappa shape index (κ2) is 7.01. The predicted octanol–water partition coefficient (Wildman–Crippen LogP) is 1.51. The van der Waals surface area contributed by atoms with Crippen molar-refractivity contribution in [2.75, 3.05) is 20.1 Å². The van der Waals surface area contributed by atoms with Gasteiger partial charge in [-0.25, -0.2) is 0 Å². The third kappa shape index (κ3) is 4.58. The highest BCUT2D eigenvalue weighted by Crippen LogP contribution is 2.23. The molecule has 1 aromatic heterocycles. The van der Waals surface area contributed by atoms with E-state index in [1.165, 1.54) is 19.3 Å². The van der Waals surface area contributed by atoms with Gasteiger partial charge in [0, 0.05) is 25.3 Å². The molecule has 5 heteroatoms. The van der Waals surface area contributed by atoms with Crippen molar-refractivity contribution in [3.63, 3.8) is 0 Å². The molecule has 1 aliphatic carbocycles. The molecular formula is C14H27N5. The van der Waals surface area contributed by atoms with E-state index in [-0.39, 0.29) is 0 Å². The lowest BCUT2D eigenvalue weighted by atomic mass is 9.92. The predicted molar refractivity (Wildman–Crippen MR) is 76.8 cm³/mol. The fourth-order valence-corrected chi connectivity index (χ4v) is 2.29. The van der Waals surface area contributed by atoms with Gasteiger partial charge in [0.15, 0.2) is 0 Å². The molecule has 0 aliphatic heterocycles. The third-order valence-electron chi connectivity index (χ3n) is 3.82. The number of nitrogens with zero attached hydrogens (tertiary/aromatic N) is 4. The van der Waals surface area contributed by atoms with E-state index < -0.39 is 0 Å². The third-order valence-corrected chi connectivity index (χ3v) is 3.82. The van der Waals surface area contributed by atoms with Crippen LogP contribution in [0.2, 0.25) is 0 Å². The van der Waals surface area contributed by atoms with Crippen molar-refractivity contribution in [3.05, 3.63) is 11.9 Å². The van der Waals surface area contributed by atoms with E-state index in [0.29, 0.717) is 5.92 Å². The Kier molecular flexibility index (Phi) is 5.34. The number of hydrogen-bond acceptors (Lipinski definition) is 4. The van der Waals surface area contributed by atoms with Crippen molar-refractivity contribution in [2.45, 2.75) is 52.2 Å². The van der Waals surface area contributed by atoms with Crippen LogP contribution in [-0.4, -0.2) is 46.1 Å². The zero-order valence-corrected chi connectivity index (χ0v) is 12.5. The van der Waals surface area contributed by atoms with Crippen LogP contribution in [0.3, 0.4) is 0 Å². The first-order valence-corrected chi connectivity index (χ1v) is 7.45. The van der Waals surface area contributed by atoms with Gasteiger partial charge in [0.1, 0.15) is 0 Å². The Morgan fingerprint density at radius 2 is 2.26 bits per heavy atom. The van der Waals surface area contributed by atoms with E-state index in [9.17, 15) is 0 Å². The minimum atomic E-state index is 0.672. The molecule has 0 unspecified atom stereocenters. The number of rotatable bonds is 8. The smallest absolute Gasteiger partial charge is 0.0964 e. The van der Waals surface area contributed by atoms with Gasteiger partial charge in [-0.2, -0.15) is 0 Å². The van der Waals surface area contributed by atoms with Crippen LogP contribution < -0.4 is 5.32 Å². The minimum Gasteiger partial charge on any atom is -0.311 e. The summed E-state index contributed by atoms with van der Waals surface area (Å²) in [5.41, 5.74) is 1.03. The van der Waals surface area contributed by atoms with Crippen LogP contribution in [0.25, 0.3) is 0 Å². The van der Waals surface area contributed by atoms with E-state index in [4.69, 9.17) is 0 Å². The molecule has 0 bridgehead atoms.